The largest absolute Gasteiger partial charge is 0.496 e. The highest BCUT2D eigenvalue weighted by atomic mass is 32.2. The van der Waals surface area contributed by atoms with Crippen LogP contribution in [0.5, 0.6) is 5.75 Å². The molecule has 0 bridgehead atoms. The van der Waals surface area contributed by atoms with Crippen LogP contribution in [0.4, 0.5) is 8.78 Å². The predicted octanol–water partition coefficient (Wildman–Crippen LogP) is 4.37. The summed E-state index contributed by atoms with van der Waals surface area (Å²) < 4.78 is 31.5. The molecule has 2 heterocycles. The molecule has 0 aliphatic rings. The summed E-state index contributed by atoms with van der Waals surface area (Å²) in [5, 5.41) is 10.0. The molecule has 0 fully saturated rings. The quantitative estimate of drug-likeness (QED) is 0.409. The molecule has 0 spiro atoms. The molecule has 0 saturated carbocycles. The van der Waals surface area contributed by atoms with E-state index in [4.69, 9.17) is 4.74 Å². The van der Waals surface area contributed by atoms with Gasteiger partial charge in [0, 0.05) is 22.6 Å². The van der Waals surface area contributed by atoms with Gasteiger partial charge in [0.1, 0.15) is 23.1 Å². The van der Waals surface area contributed by atoms with Crippen molar-refractivity contribution in [3.8, 4) is 23.1 Å². The van der Waals surface area contributed by atoms with Crippen LogP contribution < -0.4 is 10.3 Å². The lowest BCUT2D eigenvalue weighted by molar-refractivity contribution is 0.145. The number of H-pyrrole nitrogens is 1. The molecule has 3 aromatic rings. The van der Waals surface area contributed by atoms with Gasteiger partial charge in [0.05, 0.1) is 12.8 Å². The summed E-state index contributed by atoms with van der Waals surface area (Å²) in [6, 6.07) is 8.31. The third kappa shape index (κ3) is 5.21. The topological polar surface area (TPSA) is 105 Å². The number of nitriles is 1. The lowest BCUT2D eigenvalue weighted by Gasteiger charge is -2.12. The number of benzene rings is 1. The maximum atomic E-state index is 13.0. The number of thioether (sulfide) groups is 2. The van der Waals surface area contributed by atoms with Gasteiger partial charge < -0.3 is 9.72 Å². The van der Waals surface area contributed by atoms with Gasteiger partial charge in [-0.05, 0) is 37.4 Å². The Morgan fingerprint density at radius 1 is 1.26 bits per heavy atom. The van der Waals surface area contributed by atoms with Crippen LogP contribution in [-0.2, 0) is 5.75 Å². The minimum atomic E-state index is -2.68. The zero-order chi connectivity index (χ0) is 22.5. The minimum Gasteiger partial charge on any atom is -0.496 e. The molecule has 0 saturated heterocycles. The van der Waals surface area contributed by atoms with Gasteiger partial charge >= 0.3 is 0 Å². The van der Waals surface area contributed by atoms with Crippen LogP contribution in [0, 0.1) is 18.3 Å². The molecule has 0 aliphatic carbocycles. The number of hydrogen-bond donors (Lipinski definition) is 1. The van der Waals surface area contributed by atoms with Crippen molar-refractivity contribution in [3.05, 3.63) is 57.1 Å². The third-order valence-electron chi connectivity index (χ3n) is 4.19. The first-order valence-electron chi connectivity index (χ1n) is 8.88. The fraction of sp³-hybridized carbons (Fsp3) is 0.250. The summed E-state index contributed by atoms with van der Waals surface area (Å²) in [7, 11) is 1.51. The van der Waals surface area contributed by atoms with Gasteiger partial charge in [-0.3, -0.25) is 4.79 Å². The molecule has 1 N–H and O–H groups in total. The van der Waals surface area contributed by atoms with E-state index in [1.54, 1.807) is 31.4 Å². The van der Waals surface area contributed by atoms with Crippen molar-refractivity contribution in [2.45, 2.75) is 29.4 Å². The van der Waals surface area contributed by atoms with Crippen molar-refractivity contribution >= 4 is 23.5 Å². The minimum absolute atomic E-state index is 0.0924. The fourth-order valence-corrected chi connectivity index (χ4v) is 4.05. The molecule has 0 aliphatic heterocycles. The normalized spacial score (nSPS) is 10.9. The molecule has 11 heteroatoms. The van der Waals surface area contributed by atoms with Crippen molar-refractivity contribution in [3.63, 3.8) is 0 Å². The highest BCUT2D eigenvalue weighted by Gasteiger charge is 2.16. The van der Waals surface area contributed by atoms with Gasteiger partial charge in [-0.15, -0.1) is 0 Å². The number of methoxy groups -OCH3 is 1. The number of aromatic nitrogens is 4. The average molecular weight is 462 g/mol. The van der Waals surface area contributed by atoms with Crippen LogP contribution in [0.25, 0.3) is 11.3 Å². The molecule has 0 unspecified atom stereocenters. The van der Waals surface area contributed by atoms with Gasteiger partial charge in [-0.1, -0.05) is 23.5 Å². The summed E-state index contributed by atoms with van der Waals surface area (Å²) >= 11 is 2.43. The molecule has 0 radical (unpaired) electrons. The Hall–Kier alpha value is -2.97. The Morgan fingerprint density at radius 2 is 2.03 bits per heavy atom. The predicted molar refractivity (Wildman–Crippen MR) is 115 cm³/mol. The summed E-state index contributed by atoms with van der Waals surface area (Å²) in [6.07, 6.45) is -0.920. The van der Waals surface area contributed by atoms with E-state index < -0.39 is 12.0 Å². The number of rotatable bonds is 7. The average Bonchev–Trinajstić information content (AvgIpc) is 2.76. The second kappa shape index (κ2) is 9.89. The zero-order valence-electron chi connectivity index (χ0n) is 16.8. The lowest BCUT2D eigenvalue weighted by atomic mass is 10.0. The van der Waals surface area contributed by atoms with Crippen molar-refractivity contribution in [1.29, 1.82) is 5.26 Å². The Balaban J connectivity index is 1.99. The monoisotopic (exact) mass is 461 g/mol. The third-order valence-corrected chi connectivity index (χ3v) is 5.67. The number of nitrogens with zero attached hydrogens (tertiary/aromatic N) is 4. The van der Waals surface area contributed by atoms with Crippen LogP contribution in [0.2, 0.25) is 0 Å². The van der Waals surface area contributed by atoms with Gasteiger partial charge in [-0.2, -0.15) is 5.26 Å². The van der Waals surface area contributed by atoms with E-state index in [0.29, 0.717) is 33.5 Å². The SMILES string of the molecule is COc1ccc(-c2nc(SC)[nH]c(=O)c2C#N)cc1CSc1nc(C)cc(C(F)F)n1. The lowest BCUT2D eigenvalue weighted by Crippen LogP contribution is -2.14. The van der Waals surface area contributed by atoms with E-state index in [-0.39, 0.29) is 22.1 Å². The zero-order valence-corrected chi connectivity index (χ0v) is 18.4. The highest BCUT2D eigenvalue weighted by molar-refractivity contribution is 7.98. The second-order valence-corrected chi connectivity index (χ2v) is 7.98. The number of nitrogens with one attached hydrogen (secondary N) is 1. The highest BCUT2D eigenvalue weighted by Crippen LogP contribution is 2.32. The van der Waals surface area contributed by atoms with Crippen molar-refractivity contribution < 1.29 is 13.5 Å². The number of hydrogen-bond acceptors (Lipinski definition) is 8. The van der Waals surface area contributed by atoms with E-state index >= 15 is 0 Å². The van der Waals surface area contributed by atoms with Crippen LogP contribution in [0.1, 0.15) is 28.9 Å². The van der Waals surface area contributed by atoms with Crippen molar-refractivity contribution in [2.24, 2.45) is 0 Å². The Bertz CT molecular complexity index is 1210. The van der Waals surface area contributed by atoms with E-state index in [2.05, 4.69) is 19.9 Å². The van der Waals surface area contributed by atoms with Crippen LogP contribution in [-0.4, -0.2) is 33.3 Å². The number of alkyl halides is 2. The van der Waals surface area contributed by atoms with E-state index in [0.717, 1.165) is 0 Å². The maximum absolute atomic E-state index is 13.0. The second-order valence-electron chi connectivity index (χ2n) is 6.24. The smallest absolute Gasteiger partial charge is 0.280 e. The summed E-state index contributed by atoms with van der Waals surface area (Å²) in [4.78, 5) is 27.3. The Labute approximate surface area is 185 Å². The van der Waals surface area contributed by atoms with Crippen molar-refractivity contribution in [1.82, 2.24) is 19.9 Å². The van der Waals surface area contributed by atoms with Gasteiger partial charge in [-0.25, -0.2) is 23.7 Å². The van der Waals surface area contributed by atoms with Gasteiger partial charge in [0.2, 0.25) is 0 Å². The van der Waals surface area contributed by atoms with Crippen LogP contribution in [0.3, 0.4) is 0 Å². The number of ether oxygens (including phenoxy) is 1. The molecule has 0 atom stereocenters. The summed E-state index contributed by atoms with van der Waals surface area (Å²) in [6.45, 7) is 1.63. The van der Waals surface area contributed by atoms with Crippen molar-refractivity contribution in [2.75, 3.05) is 13.4 Å². The van der Waals surface area contributed by atoms with Crippen LogP contribution in [0.15, 0.2) is 39.4 Å². The molecule has 1 aromatic carbocycles. The Kier molecular flexibility index (Phi) is 7.25. The first-order chi connectivity index (χ1) is 14.9. The maximum Gasteiger partial charge on any atom is 0.280 e. The number of aromatic amines is 1. The van der Waals surface area contributed by atoms with E-state index in [9.17, 15) is 18.8 Å². The molecule has 31 heavy (non-hydrogen) atoms. The Morgan fingerprint density at radius 3 is 2.68 bits per heavy atom. The van der Waals surface area contributed by atoms with Gasteiger partial charge in [0.25, 0.3) is 12.0 Å². The molecule has 7 nitrogen and oxygen atoms in total. The van der Waals surface area contributed by atoms with E-state index in [1.807, 2.05) is 6.07 Å². The number of halogens is 2. The molecule has 3 rings (SSSR count). The molecule has 160 valence electrons. The summed E-state index contributed by atoms with van der Waals surface area (Å²) in [5.74, 6) is 0.885. The first-order valence-corrected chi connectivity index (χ1v) is 11.1. The fourth-order valence-electron chi connectivity index (χ4n) is 2.78. The molecule has 2 aromatic heterocycles. The van der Waals surface area contributed by atoms with Crippen LogP contribution >= 0.6 is 23.5 Å². The molecular weight excluding hydrogens is 444 g/mol. The number of aryl methyl sites for hydroxylation is 1. The molecular formula is C20H17F2N5O2S2. The standard InChI is InChI=1S/C20H17F2N5O2S2/c1-10-6-14(17(21)22)25-20(24-10)31-9-12-7-11(4-5-15(12)29-2)16-13(8-23)18(28)27-19(26-16)30-3/h4-7,17H,9H2,1-3H3,(H,26,27,28). The van der Waals surface area contributed by atoms with Gasteiger partial charge in [0.15, 0.2) is 10.3 Å². The molecule has 0 amide bonds. The van der Waals surface area contributed by atoms with E-state index in [1.165, 1.54) is 36.7 Å². The first kappa shape index (κ1) is 22.7. The summed E-state index contributed by atoms with van der Waals surface area (Å²) in [5.41, 5.74) is 1.05.